The fourth-order valence-corrected chi connectivity index (χ4v) is 2.48. The Hall–Kier alpha value is -2.09. The van der Waals surface area contributed by atoms with Gasteiger partial charge in [0.15, 0.2) is 0 Å². The van der Waals surface area contributed by atoms with Gasteiger partial charge in [-0.25, -0.2) is 4.79 Å². The lowest BCUT2D eigenvalue weighted by atomic mass is 9.89. The van der Waals surface area contributed by atoms with Crippen LogP contribution in [0.25, 0.3) is 11.1 Å². The van der Waals surface area contributed by atoms with E-state index < -0.39 is 5.60 Å². The van der Waals surface area contributed by atoms with Crippen LogP contribution in [0.5, 0.6) is 0 Å². The lowest BCUT2D eigenvalue weighted by Gasteiger charge is -2.25. The number of esters is 1. The molecule has 0 aliphatic carbocycles. The molecule has 2 nitrogen and oxygen atoms in total. The summed E-state index contributed by atoms with van der Waals surface area (Å²) in [5, 5.41) is 0. The third kappa shape index (κ3) is 1.53. The van der Waals surface area contributed by atoms with Crippen molar-refractivity contribution in [2.45, 2.75) is 19.4 Å². The van der Waals surface area contributed by atoms with E-state index in [1.165, 1.54) is 0 Å². The Morgan fingerprint density at radius 3 is 2.11 bits per heavy atom. The van der Waals surface area contributed by atoms with E-state index in [4.69, 9.17) is 4.74 Å². The summed E-state index contributed by atoms with van der Waals surface area (Å²) < 4.78 is 5.61. The largest absolute Gasteiger partial charge is 0.451 e. The van der Waals surface area contributed by atoms with E-state index in [-0.39, 0.29) is 5.97 Å². The van der Waals surface area contributed by atoms with Gasteiger partial charge in [0.05, 0.1) is 5.56 Å². The van der Waals surface area contributed by atoms with E-state index in [0.29, 0.717) is 5.56 Å². The minimum Gasteiger partial charge on any atom is -0.451 e. The lowest BCUT2D eigenvalue weighted by molar-refractivity contribution is -0.00190. The van der Waals surface area contributed by atoms with Crippen LogP contribution in [0, 0.1) is 0 Å². The van der Waals surface area contributed by atoms with Crippen molar-refractivity contribution in [1.82, 2.24) is 0 Å². The summed E-state index contributed by atoms with van der Waals surface area (Å²) >= 11 is 0. The maximum atomic E-state index is 12.2. The molecule has 0 N–H and O–H groups in total. The summed E-state index contributed by atoms with van der Waals surface area (Å²) in [6.45, 7) is 3.85. The molecular weight excluding hydrogens is 224 g/mol. The topological polar surface area (TPSA) is 26.3 Å². The first-order valence-corrected chi connectivity index (χ1v) is 6.02. The fourth-order valence-electron chi connectivity index (χ4n) is 2.48. The molecule has 1 aliphatic rings. The second-order valence-electron chi connectivity index (χ2n) is 4.99. The quantitative estimate of drug-likeness (QED) is 0.653. The number of carbonyl (C=O) groups excluding carboxylic acids is 1. The van der Waals surface area contributed by atoms with Gasteiger partial charge < -0.3 is 4.74 Å². The van der Waals surface area contributed by atoms with Gasteiger partial charge in [-0.2, -0.15) is 0 Å². The average molecular weight is 238 g/mol. The van der Waals surface area contributed by atoms with E-state index in [0.717, 1.165) is 16.7 Å². The van der Waals surface area contributed by atoms with Crippen molar-refractivity contribution in [3.05, 3.63) is 59.7 Å². The zero-order valence-electron chi connectivity index (χ0n) is 10.4. The van der Waals surface area contributed by atoms with Crippen molar-refractivity contribution in [3.63, 3.8) is 0 Å². The van der Waals surface area contributed by atoms with Crippen LogP contribution < -0.4 is 0 Å². The summed E-state index contributed by atoms with van der Waals surface area (Å²) in [7, 11) is 0. The molecule has 0 amide bonds. The number of hydrogen-bond donors (Lipinski definition) is 0. The first-order chi connectivity index (χ1) is 8.59. The molecule has 0 saturated carbocycles. The Labute approximate surface area is 106 Å². The highest BCUT2D eigenvalue weighted by atomic mass is 16.6. The Kier molecular flexibility index (Phi) is 2.27. The smallest absolute Gasteiger partial charge is 0.339 e. The van der Waals surface area contributed by atoms with E-state index in [1.54, 1.807) is 0 Å². The fraction of sp³-hybridized carbons (Fsp3) is 0.188. The molecule has 0 unspecified atom stereocenters. The number of fused-ring (bicyclic) bond motifs is 3. The highest BCUT2D eigenvalue weighted by Crippen LogP contribution is 2.39. The van der Waals surface area contributed by atoms with Gasteiger partial charge in [-0.15, -0.1) is 0 Å². The van der Waals surface area contributed by atoms with Crippen LogP contribution in [0.15, 0.2) is 48.5 Å². The van der Waals surface area contributed by atoms with Gasteiger partial charge >= 0.3 is 5.97 Å². The van der Waals surface area contributed by atoms with Crippen molar-refractivity contribution >= 4 is 5.97 Å². The third-order valence-corrected chi connectivity index (χ3v) is 3.36. The standard InChI is InChI=1S/C16H14O2/c1-16(2)14-10-6-5-8-12(14)11-7-3-4-9-13(11)15(17)18-16/h3-10H,1-2H3. The van der Waals surface area contributed by atoms with Gasteiger partial charge in [0.2, 0.25) is 0 Å². The molecule has 0 atom stereocenters. The molecule has 0 fully saturated rings. The molecular formula is C16H14O2. The SMILES string of the molecule is CC1(C)OC(=O)c2ccccc2-c2ccccc21. The van der Waals surface area contributed by atoms with Crippen LogP contribution in [0.2, 0.25) is 0 Å². The van der Waals surface area contributed by atoms with Crippen molar-refractivity contribution in [1.29, 1.82) is 0 Å². The summed E-state index contributed by atoms with van der Waals surface area (Å²) in [6, 6.07) is 15.6. The summed E-state index contributed by atoms with van der Waals surface area (Å²) in [6.07, 6.45) is 0. The van der Waals surface area contributed by atoms with Crippen LogP contribution in [0.4, 0.5) is 0 Å². The zero-order chi connectivity index (χ0) is 12.8. The van der Waals surface area contributed by atoms with Gasteiger partial charge in [-0.05, 0) is 31.0 Å². The number of benzene rings is 2. The van der Waals surface area contributed by atoms with Crippen molar-refractivity contribution < 1.29 is 9.53 Å². The third-order valence-electron chi connectivity index (χ3n) is 3.36. The van der Waals surface area contributed by atoms with Gasteiger partial charge in [0.1, 0.15) is 5.60 Å². The van der Waals surface area contributed by atoms with Gasteiger partial charge in [-0.1, -0.05) is 42.5 Å². The number of cyclic esters (lactones) is 1. The molecule has 0 aromatic heterocycles. The Morgan fingerprint density at radius 2 is 1.39 bits per heavy atom. The predicted molar refractivity (Wildman–Crippen MR) is 70.3 cm³/mol. The Balaban J connectivity index is 2.37. The Bertz CT molecular complexity index is 626. The number of hydrogen-bond acceptors (Lipinski definition) is 2. The van der Waals surface area contributed by atoms with E-state index in [1.807, 2.05) is 62.4 Å². The number of carbonyl (C=O) groups is 1. The first-order valence-electron chi connectivity index (χ1n) is 6.02. The van der Waals surface area contributed by atoms with Crippen LogP contribution >= 0.6 is 0 Å². The minimum atomic E-state index is -0.604. The van der Waals surface area contributed by atoms with Gasteiger partial charge in [-0.3, -0.25) is 0 Å². The van der Waals surface area contributed by atoms with Crippen molar-refractivity contribution in [3.8, 4) is 11.1 Å². The van der Waals surface area contributed by atoms with Crippen LogP contribution in [-0.4, -0.2) is 5.97 Å². The molecule has 2 heteroatoms. The van der Waals surface area contributed by atoms with Crippen LogP contribution in [-0.2, 0) is 10.3 Å². The van der Waals surface area contributed by atoms with Gasteiger partial charge in [0, 0.05) is 5.56 Å². The number of rotatable bonds is 0. The number of ether oxygens (including phenoxy) is 1. The summed E-state index contributed by atoms with van der Waals surface area (Å²) in [5.41, 5.74) is 3.10. The molecule has 2 aromatic rings. The Morgan fingerprint density at radius 1 is 0.833 bits per heavy atom. The second kappa shape index (κ2) is 3.70. The van der Waals surface area contributed by atoms with Crippen LogP contribution in [0.1, 0.15) is 29.8 Å². The predicted octanol–water partition coefficient (Wildman–Crippen LogP) is 3.76. The van der Waals surface area contributed by atoms with Crippen LogP contribution in [0.3, 0.4) is 0 Å². The summed E-state index contributed by atoms with van der Waals surface area (Å²) in [5.74, 6) is -0.258. The van der Waals surface area contributed by atoms with E-state index >= 15 is 0 Å². The molecule has 0 spiro atoms. The minimum absolute atomic E-state index is 0.258. The molecule has 0 radical (unpaired) electrons. The zero-order valence-corrected chi connectivity index (χ0v) is 10.4. The molecule has 0 saturated heterocycles. The maximum absolute atomic E-state index is 12.2. The second-order valence-corrected chi connectivity index (χ2v) is 4.99. The lowest BCUT2D eigenvalue weighted by Crippen LogP contribution is -2.24. The molecule has 2 aromatic carbocycles. The van der Waals surface area contributed by atoms with Gasteiger partial charge in [0.25, 0.3) is 0 Å². The van der Waals surface area contributed by atoms with E-state index in [9.17, 15) is 4.79 Å². The monoisotopic (exact) mass is 238 g/mol. The molecule has 1 heterocycles. The molecule has 0 bridgehead atoms. The normalized spacial score (nSPS) is 16.2. The average Bonchev–Trinajstić information content (AvgIpc) is 2.45. The highest BCUT2D eigenvalue weighted by molar-refractivity contribution is 5.99. The molecule has 1 aliphatic heterocycles. The highest BCUT2D eigenvalue weighted by Gasteiger charge is 2.33. The first kappa shape index (κ1) is 11.0. The molecule has 90 valence electrons. The van der Waals surface area contributed by atoms with Crippen molar-refractivity contribution in [2.24, 2.45) is 0 Å². The summed E-state index contributed by atoms with van der Waals surface area (Å²) in [4.78, 5) is 12.2. The molecule has 18 heavy (non-hydrogen) atoms. The van der Waals surface area contributed by atoms with Crippen molar-refractivity contribution in [2.75, 3.05) is 0 Å². The molecule has 3 rings (SSSR count). The van der Waals surface area contributed by atoms with E-state index in [2.05, 4.69) is 0 Å². The maximum Gasteiger partial charge on any atom is 0.339 e.